The maximum Gasteiger partial charge on any atom is 0.410 e. The maximum absolute atomic E-state index is 13.8. The van der Waals surface area contributed by atoms with Gasteiger partial charge in [0.25, 0.3) is 0 Å². The highest BCUT2D eigenvalue weighted by Gasteiger charge is 2.49. The highest BCUT2D eigenvalue weighted by molar-refractivity contribution is 5.70. The topological polar surface area (TPSA) is 160 Å². The molecule has 41 heavy (non-hydrogen) atoms. The van der Waals surface area contributed by atoms with Crippen molar-refractivity contribution in [2.45, 2.75) is 61.9 Å². The normalized spacial score (nSPS) is 29.2. The molecule has 0 aliphatic carbocycles. The number of benzene rings is 1. The van der Waals surface area contributed by atoms with E-state index in [9.17, 15) is 38.1 Å². The second kappa shape index (κ2) is 11.8. The van der Waals surface area contributed by atoms with E-state index >= 15 is 0 Å². The molecule has 5 rings (SSSR count). The summed E-state index contributed by atoms with van der Waals surface area (Å²) in [5, 5.41) is 38.0. The van der Waals surface area contributed by atoms with Crippen LogP contribution in [-0.2, 0) is 14.2 Å². The molecule has 3 aliphatic heterocycles. The van der Waals surface area contributed by atoms with Crippen LogP contribution in [0.3, 0.4) is 0 Å². The molecule has 3 N–H and O–H groups in total. The zero-order chi connectivity index (χ0) is 29.4. The van der Waals surface area contributed by atoms with Gasteiger partial charge in [0.05, 0.1) is 25.5 Å². The molecular weight excluding hydrogens is 555 g/mol. The van der Waals surface area contributed by atoms with Gasteiger partial charge < -0.3 is 39.3 Å². The summed E-state index contributed by atoms with van der Waals surface area (Å²) in [4.78, 5) is 26.8. The number of likely N-dealkylation sites (tertiary alicyclic amines) is 1. The monoisotopic (exact) mass is 585 g/mol. The summed E-state index contributed by atoms with van der Waals surface area (Å²) in [7, 11) is 1.38. The number of ether oxygens (including phenoxy) is 3. The van der Waals surface area contributed by atoms with E-state index in [1.54, 1.807) is 4.90 Å². The van der Waals surface area contributed by atoms with Gasteiger partial charge in [0.2, 0.25) is 0 Å². The zero-order valence-electron chi connectivity index (χ0n) is 22.0. The van der Waals surface area contributed by atoms with Crippen molar-refractivity contribution in [1.82, 2.24) is 24.8 Å². The SMILES string of the molecule is CO[C@@H]1[C@@H](n2cc(-c3cc(F)c(F)c(F)c3)nn2)[C@@H](O)[C@@H](CO)O[C@@H]1CC1CN(C2CCN(C(=O)O)CC2)C(=O)O1. The second-order valence-corrected chi connectivity index (χ2v) is 10.3. The van der Waals surface area contributed by atoms with Crippen LogP contribution in [-0.4, -0.2) is 122 Å². The summed E-state index contributed by atoms with van der Waals surface area (Å²) in [6, 6.07) is 0.391. The number of carbonyl (C=O) groups excluding carboxylic acids is 1. The van der Waals surface area contributed by atoms with Crippen molar-refractivity contribution in [3.63, 3.8) is 0 Å². The molecule has 1 aromatic heterocycles. The van der Waals surface area contributed by atoms with Crippen LogP contribution in [0.4, 0.5) is 22.8 Å². The van der Waals surface area contributed by atoms with Crippen molar-refractivity contribution in [2.24, 2.45) is 0 Å². The van der Waals surface area contributed by atoms with Crippen LogP contribution in [0.5, 0.6) is 0 Å². The lowest BCUT2D eigenvalue weighted by molar-refractivity contribution is -0.217. The van der Waals surface area contributed by atoms with Gasteiger partial charge in [0, 0.05) is 38.2 Å². The first-order valence-electron chi connectivity index (χ1n) is 13.1. The highest BCUT2D eigenvalue weighted by atomic mass is 19.2. The van der Waals surface area contributed by atoms with Crippen molar-refractivity contribution < 1.29 is 52.3 Å². The average Bonchev–Trinajstić information content (AvgIpc) is 3.58. The first-order valence-corrected chi connectivity index (χ1v) is 13.1. The summed E-state index contributed by atoms with van der Waals surface area (Å²) in [6.07, 6.45) is -3.81. The highest BCUT2D eigenvalue weighted by Crippen LogP contribution is 2.36. The Morgan fingerprint density at radius 1 is 1.17 bits per heavy atom. The van der Waals surface area contributed by atoms with Crippen LogP contribution >= 0.6 is 0 Å². The first-order chi connectivity index (χ1) is 19.6. The third-order valence-corrected chi connectivity index (χ3v) is 7.90. The van der Waals surface area contributed by atoms with Gasteiger partial charge in [0.1, 0.15) is 36.2 Å². The number of aromatic nitrogens is 3. The molecule has 3 aliphatic rings. The van der Waals surface area contributed by atoms with E-state index in [0.717, 1.165) is 12.1 Å². The van der Waals surface area contributed by atoms with Crippen LogP contribution in [0, 0.1) is 17.5 Å². The number of rotatable bonds is 7. The van der Waals surface area contributed by atoms with Gasteiger partial charge in [-0.1, -0.05) is 5.21 Å². The lowest BCUT2D eigenvalue weighted by atomic mass is 9.89. The lowest BCUT2D eigenvalue weighted by Crippen LogP contribution is -2.57. The number of cyclic esters (lactones) is 1. The molecule has 3 fully saturated rings. The summed E-state index contributed by atoms with van der Waals surface area (Å²) < 4.78 is 59.5. The molecule has 0 saturated carbocycles. The number of methoxy groups -OCH3 is 1. The predicted molar refractivity (Wildman–Crippen MR) is 131 cm³/mol. The minimum absolute atomic E-state index is 0.00255. The zero-order valence-corrected chi connectivity index (χ0v) is 22.0. The summed E-state index contributed by atoms with van der Waals surface area (Å²) in [6.45, 7) is 0.292. The number of hydrogen-bond acceptors (Lipinski definition) is 9. The molecule has 2 amide bonds. The molecule has 13 nitrogen and oxygen atoms in total. The third-order valence-electron chi connectivity index (χ3n) is 7.90. The number of piperidine rings is 1. The quantitative estimate of drug-likeness (QED) is 0.405. The largest absolute Gasteiger partial charge is 0.465 e. The van der Waals surface area contributed by atoms with Gasteiger partial charge in [0.15, 0.2) is 17.5 Å². The van der Waals surface area contributed by atoms with Gasteiger partial charge in [-0.15, -0.1) is 5.10 Å². The van der Waals surface area contributed by atoms with E-state index in [0.29, 0.717) is 25.9 Å². The molecule has 2 aromatic rings. The minimum atomic E-state index is -1.62. The number of aliphatic hydroxyl groups excluding tert-OH is 2. The van der Waals surface area contributed by atoms with E-state index in [1.165, 1.54) is 22.9 Å². The number of halogens is 3. The Labute approximate surface area is 232 Å². The van der Waals surface area contributed by atoms with Gasteiger partial charge in [-0.25, -0.2) is 27.4 Å². The summed E-state index contributed by atoms with van der Waals surface area (Å²) in [5.74, 6) is -4.42. The number of hydrogen-bond donors (Lipinski definition) is 3. The van der Waals surface area contributed by atoms with E-state index in [4.69, 9.17) is 14.2 Å². The van der Waals surface area contributed by atoms with Crippen molar-refractivity contribution in [3.8, 4) is 11.3 Å². The van der Waals surface area contributed by atoms with E-state index in [1.807, 2.05) is 0 Å². The Morgan fingerprint density at radius 2 is 1.85 bits per heavy atom. The fourth-order valence-corrected chi connectivity index (χ4v) is 5.80. The van der Waals surface area contributed by atoms with Gasteiger partial charge in [-0.3, -0.25) is 0 Å². The van der Waals surface area contributed by atoms with Crippen molar-refractivity contribution in [2.75, 3.05) is 33.4 Å². The minimum Gasteiger partial charge on any atom is -0.465 e. The van der Waals surface area contributed by atoms with E-state index in [2.05, 4.69) is 10.3 Å². The summed E-state index contributed by atoms with van der Waals surface area (Å²) in [5.41, 5.74) is -0.0756. The Balaban J connectivity index is 1.32. The number of amides is 2. The van der Waals surface area contributed by atoms with E-state index in [-0.39, 0.29) is 30.3 Å². The Bertz CT molecular complexity index is 1250. The lowest BCUT2D eigenvalue weighted by Gasteiger charge is -2.44. The molecular formula is C25H30F3N5O8. The fourth-order valence-electron chi connectivity index (χ4n) is 5.80. The number of carboxylic acid groups (broad SMARTS) is 1. The van der Waals surface area contributed by atoms with Gasteiger partial charge in [-0.2, -0.15) is 0 Å². The Morgan fingerprint density at radius 3 is 2.46 bits per heavy atom. The summed E-state index contributed by atoms with van der Waals surface area (Å²) >= 11 is 0. The van der Waals surface area contributed by atoms with Crippen LogP contribution in [0.1, 0.15) is 25.3 Å². The van der Waals surface area contributed by atoms with Crippen LogP contribution in [0.25, 0.3) is 11.3 Å². The smallest absolute Gasteiger partial charge is 0.410 e. The molecule has 0 radical (unpaired) electrons. The molecule has 16 heteroatoms. The standard InChI is InChI=1S/C25H30F3N5O8/c1-39-23-18(8-14-9-32(25(38)40-14)13-2-4-31(5-3-13)24(36)37)41-19(11-34)22(35)21(23)33-10-17(29-30-33)12-6-15(26)20(28)16(27)7-12/h6-7,10,13-14,18-19,21-23,34-35H,2-5,8-9,11H2,1H3,(H,36,37)/t14?,18-,19-,21+,22+,23+/m1/s1. The molecule has 224 valence electrons. The molecule has 3 saturated heterocycles. The molecule has 4 heterocycles. The third kappa shape index (κ3) is 5.68. The average molecular weight is 586 g/mol. The Kier molecular flexibility index (Phi) is 8.35. The van der Waals surface area contributed by atoms with Crippen LogP contribution < -0.4 is 0 Å². The Hall–Kier alpha value is -3.47. The maximum atomic E-state index is 13.8. The second-order valence-electron chi connectivity index (χ2n) is 10.3. The van der Waals surface area contributed by atoms with Crippen molar-refractivity contribution >= 4 is 12.2 Å². The number of carbonyl (C=O) groups is 2. The van der Waals surface area contributed by atoms with Crippen LogP contribution in [0.15, 0.2) is 18.3 Å². The van der Waals surface area contributed by atoms with Crippen molar-refractivity contribution in [3.05, 3.63) is 35.8 Å². The van der Waals surface area contributed by atoms with Gasteiger partial charge in [-0.05, 0) is 25.0 Å². The molecule has 1 unspecified atom stereocenters. The van der Waals surface area contributed by atoms with Gasteiger partial charge >= 0.3 is 12.2 Å². The first kappa shape index (κ1) is 29.0. The molecule has 0 bridgehead atoms. The van der Waals surface area contributed by atoms with E-state index < -0.39 is 72.8 Å². The number of nitrogens with zero attached hydrogens (tertiary/aromatic N) is 5. The molecule has 6 atom stereocenters. The van der Waals surface area contributed by atoms with Crippen LogP contribution in [0.2, 0.25) is 0 Å². The predicted octanol–water partition coefficient (Wildman–Crippen LogP) is 1.39. The fraction of sp³-hybridized carbons (Fsp3) is 0.600. The number of aliphatic hydroxyl groups is 2. The van der Waals surface area contributed by atoms with Crippen molar-refractivity contribution in [1.29, 1.82) is 0 Å². The molecule has 1 aromatic carbocycles. The molecule has 0 spiro atoms.